The van der Waals surface area contributed by atoms with Crippen LogP contribution in [0.15, 0.2) is 0 Å². The Balaban J connectivity index is 2.13. The van der Waals surface area contributed by atoms with Crippen molar-refractivity contribution < 1.29 is 0 Å². The lowest BCUT2D eigenvalue weighted by Gasteiger charge is -2.22. The van der Waals surface area contributed by atoms with Crippen molar-refractivity contribution in [1.29, 1.82) is 0 Å². The predicted octanol–water partition coefficient (Wildman–Crippen LogP) is 2.33. The van der Waals surface area contributed by atoms with Crippen LogP contribution in [0.3, 0.4) is 0 Å². The molecule has 1 radical (unpaired) electrons. The molecule has 1 heteroatoms. The Labute approximate surface area is 64.2 Å². The molecule has 0 atom stereocenters. The summed E-state index contributed by atoms with van der Waals surface area (Å²) in [6, 6.07) is 1.25. The summed E-state index contributed by atoms with van der Waals surface area (Å²) in [5.74, 6) is 0. The zero-order valence-electron chi connectivity index (χ0n) is 7.14. The van der Waals surface area contributed by atoms with Gasteiger partial charge >= 0.3 is 0 Å². The van der Waals surface area contributed by atoms with E-state index >= 15 is 0 Å². The van der Waals surface area contributed by atoms with Crippen LogP contribution in [-0.4, -0.2) is 12.1 Å². The van der Waals surface area contributed by atoms with Crippen LogP contribution in [0.1, 0.15) is 46.0 Å². The van der Waals surface area contributed by atoms with Gasteiger partial charge in [0, 0.05) is 12.1 Å². The molecule has 0 amide bonds. The molecule has 1 aliphatic rings. The summed E-state index contributed by atoms with van der Waals surface area (Å²) in [4.78, 5) is 0. The molecule has 0 aromatic heterocycles. The second-order valence-corrected chi connectivity index (χ2v) is 3.53. The fourth-order valence-corrected chi connectivity index (χ4v) is 1.65. The van der Waals surface area contributed by atoms with Gasteiger partial charge in [-0.25, -0.2) is 5.32 Å². The number of hydrogen-bond acceptors (Lipinski definition) is 0. The van der Waals surface area contributed by atoms with Crippen molar-refractivity contribution in [1.82, 2.24) is 5.32 Å². The molecule has 0 spiro atoms. The molecular formula is C9H18N. The highest BCUT2D eigenvalue weighted by Crippen LogP contribution is 2.18. The molecular weight excluding hydrogens is 122 g/mol. The van der Waals surface area contributed by atoms with Gasteiger partial charge in [0.25, 0.3) is 0 Å². The molecule has 1 rings (SSSR count). The maximum atomic E-state index is 4.64. The van der Waals surface area contributed by atoms with E-state index < -0.39 is 0 Å². The molecule has 0 N–H and O–H groups in total. The van der Waals surface area contributed by atoms with Crippen molar-refractivity contribution >= 4 is 0 Å². The number of hydrogen-bond donors (Lipinski definition) is 0. The first-order valence-electron chi connectivity index (χ1n) is 4.49. The van der Waals surface area contributed by atoms with Crippen LogP contribution in [-0.2, 0) is 0 Å². The molecule has 10 heavy (non-hydrogen) atoms. The van der Waals surface area contributed by atoms with Gasteiger partial charge in [0.15, 0.2) is 0 Å². The van der Waals surface area contributed by atoms with Crippen LogP contribution in [0, 0.1) is 0 Å². The first-order valence-corrected chi connectivity index (χ1v) is 4.49. The third kappa shape index (κ3) is 2.70. The average Bonchev–Trinajstić information content (AvgIpc) is 1.88. The van der Waals surface area contributed by atoms with Gasteiger partial charge in [0.2, 0.25) is 0 Å². The van der Waals surface area contributed by atoms with Crippen molar-refractivity contribution in [2.75, 3.05) is 0 Å². The lowest BCUT2D eigenvalue weighted by molar-refractivity contribution is 0.345. The zero-order valence-corrected chi connectivity index (χ0v) is 7.14. The van der Waals surface area contributed by atoms with E-state index in [0.29, 0.717) is 12.1 Å². The van der Waals surface area contributed by atoms with Crippen LogP contribution in [0.4, 0.5) is 0 Å². The lowest BCUT2D eigenvalue weighted by Crippen LogP contribution is -2.29. The Morgan fingerprint density at radius 1 is 1.10 bits per heavy atom. The molecule has 1 fully saturated rings. The standard InChI is InChI=1S/C9H18N/c1-8(2)10-9-6-4-3-5-7-9/h8-9H,3-7H2,1-2H3. The molecule has 0 bridgehead atoms. The summed E-state index contributed by atoms with van der Waals surface area (Å²) in [6.07, 6.45) is 6.93. The third-order valence-electron chi connectivity index (χ3n) is 2.08. The average molecular weight is 140 g/mol. The van der Waals surface area contributed by atoms with Gasteiger partial charge in [-0.15, -0.1) is 0 Å². The van der Waals surface area contributed by atoms with E-state index in [9.17, 15) is 0 Å². The molecule has 0 aliphatic heterocycles. The van der Waals surface area contributed by atoms with Crippen LogP contribution in [0.2, 0.25) is 0 Å². The van der Waals surface area contributed by atoms with Crippen LogP contribution >= 0.6 is 0 Å². The lowest BCUT2D eigenvalue weighted by atomic mass is 9.95. The van der Waals surface area contributed by atoms with Crippen molar-refractivity contribution in [3.05, 3.63) is 0 Å². The summed E-state index contributed by atoms with van der Waals surface area (Å²) < 4.78 is 0. The third-order valence-corrected chi connectivity index (χ3v) is 2.08. The molecule has 1 saturated carbocycles. The first-order chi connectivity index (χ1) is 4.79. The van der Waals surface area contributed by atoms with E-state index in [1.54, 1.807) is 0 Å². The van der Waals surface area contributed by atoms with E-state index in [-0.39, 0.29) is 0 Å². The van der Waals surface area contributed by atoms with Crippen molar-refractivity contribution in [3.63, 3.8) is 0 Å². The quantitative estimate of drug-likeness (QED) is 0.559. The van der Waals surface area contributed by atoms with Gasteiger partial charge in [-0.3, -0.25) is 0 Å². The van der Waals surface area contributed by atoms with Crippen LogP contribution in [0.5, 0.6) is 0 Å². The van der Waals surface area contributed by atoms with Gasteiger partial charge in [-0.05, 0) is 26.7 Å². The van der Waals surface area contributed by atoms with Crippen molar-refractivity contribution in [3.8, 4) is 0 Å². The highest BCUT2D eigenvalue weighted by atomic mass is 14.9. The molecule has 1 aliphatic carbocycles. The van der Waals surface area contributed by atoms with Gasteiger partial charge < -0.3 is 0 Å². The Kier molecular flexibility index (Phi) is 3.20. The van der Waals surface area contributed by atoms with E-state index in [1.165, 1.54) is 32.1 Å². The zero-order chi connectivity index (χ0) is 7.40. The molecule has 59 valence electrons. The van der Waals surface area contributed by atoms with Crippen molar-refractivity contribution in [2.45, 2.75) is 58.0 Å². The fraction of sp³-hybridized carbons (Fsp3) is 1.00. The minimum Gasteiger partial charge on any atom is -0.236 e. The van der Waals surface area contributed by atoms with Crippen molar-refractivity contribution in [2.24, 2.45) is 0 Å². The van der Waals surface area contributed by atoms with E-state index in [1.807, 2.05) is 0 Å². The highest BCUT2D eigenvalue weighted by molar-refractivity contribution is 4.72. The Bertz CT molecular complexity index is 82.7. The molecule has 0 aromatic rings. The highest BCUT2D eigenvalue weighted by Gasteiger charge is 2.14. The fourth-order valence-electron chi connectivity index (χ4n) is 1.65. The second-order valence-electron chi connectivity index (χ2n) is 3.53. The second kappa shape index (κ2) is 3.97. The number of nitrogens with zero attached hydrogens (tertiary/aromatic N) is 1. The molecule has 0 aromatic carbocycles. The normalized spacial score (nSPS) is 21.9. The van der Waals surface area contributed by atoms with Gasteiger partial charge in [-0.2, -0.15) is 0 Å². The summed E-state index contributed by atoms with van der Waals surface area (Å²) in [5.41, 5.74) is 0. The van der Waals surface area contributed by atoms with E-state index in [0.717, 1.165) is 0 Å². The monoisotopic (exact) mass is 140 g/mol. The Hall–Kier alpha value is -0.0400. The SMILES string of the molecule is CC(C)[N]C1CCCCC1. The van der Waals surface area contributed by atoms with E-state index in [2.05, 4.69) is 19.2 Å². The molecule has 1 nitrogen and oxygen atoms in total. The largest absolute Gasteiger partial charge is 0.236 e. The maximum Gasteiger partial charge on any atom is 0.0249 e. The van der Waals surface area contributed by atoms with Gasteiger partial charge in [0.1, 0.15) is 0 Å². The maximum absolute atomic E-state index is 4.64. The van der Waals surface area contributed by atoms with Gasteiger partial charge in [0.05, 0.1) is 0 Å². The molecule has 0 saturated heterocycles. The Morgan fingerprint density at radius 3 is 2.20 bits per heavy atom. The summed E-state index contributed by atoms with van der Waals surface area (Å²) in [5, 5.41) is 4.64. The molecule has 0 unspecified atom stereocenters. The van der Waals surface area contributed by atoms with Gasteiger partial charge in [-0.1, -0.05) is 19.3 Å². The minimum atomic E-state index is 0.545. The smallest absolute Gasteiger partial charge is 0.0249 e. The van der Waals surface area contributed by atoms with Crippen LogP contribution in [0.25, 0.3) is 0 Å². The number of rotatable bonds is 2. The Morgan fingerprint density at radius 2 is 1.70 bits per heavy atom. The topological polar surface area (TPSA) is 14.1 Å². The first kappa shape index (κ1) is 8.06. The van der Waals surface area contributed by atoms with Crippen LogP contribution < -0.4 is 5.32 Å². The summed E-state index contributed by atoms with van der Waals surface area (Å²) in [7, 11) is 0. The summed E-state index contributed by atoms with van der Waals surface area (Å²) in [6.45, 7) is 4.35. The molecule has 0 heterocycles. The van der Waals surface area contributed by atoms with E-state index in [4.69, 9.17) is 0 Å². The minimum absolute atomic E-state index is 0.545. The predicted molar refractivity (Wildman–Crippen MR) is 44.1 cm³/mol. The summed E-state index contributed by atoms with van der Waals surface area (Å²) >= 11 is 0.